The molecule has 0 atom stereocenters. The number of rotatable bonds is 3. The van der Waals surface area contributed by atoms with Gasteiger partial charge in [-0.05, 0) is 46.8 Å². The minimum atomic E-state index is -0.584. The molecule has 6 nitrogen and oxygen atoms in total. The summed E-state index contributed by atoms with van der Waals surface area (Å²) in [6, 6.07) is 5.97. The van der Waals surface area contributed by atoms with E-state index in [1.54, 1.807) is 6.07 Å². The molecule has 1 aliphatic rings. The number of carbonyl (C=O) groups excluding carboxylic acids is 1. The molecule has 0 spiro atoms. The number of amides is 1. The molecule has 140 valence electrons. The number of anilines is 2. The first-order chi connectivity index (χ1) is 12.2. The largest absolute Gasteiger partial charge is 0.444 e. The topological polar surface area (TPSA) is 77.4 Å². The van der Waals surface area contributed by atoms with Crippen molar-refractivity contribution in [3.63, 3.8) is 0 Å². The van der Waals surface area contributed by atoms with Crippen molar-refractivity contribution in [2.24, 2.45) is 0 Å². The molecule has 26 heavy (non-hydrogen) atoms. The molecule has 0 unspecified atom stereocenters. The van der Waals surface area contributed by atoms with Crippen molar-refractivity contribution in [2.75, 3.05) is 36.4 Å². The molecule has 0 aromatic heterocycles. The van der Waals surface area contributed by atoms with Gasteiger partial charge in [0.2, 0.25) is 0 Å². The van der Waals surface area contributed by atoms with Gasteiger partial charge in [-0.1, -0.05) is 11.6 Å². The van der Waals surface area contributed by atoms with Gasteiger partial charge in [0.25, 0.3) is 0 Å². The first-order valence-electron chi connectivity index (χ1n) is 8.88. The van der Waals surface area contributed by atoms with Crippen molar-refractivity contribution >= 4 is 23.5 Å². The average Bonchev–Trinajstić information content (AvgIpc) is 2.54. The zero-order valence-corrected chi connectivity index (χ0v) is 16.3. The lowest BCUT2D eigenvalue weighted by molar-refractivity contribution is 0.0636. The number of nitriles is 1. The second kappa shape index (κ2) is 8.24. The lowest BCUT2D eigenvalue weighted by Crippen LogP contribution is -2.43. The van der Waals surface area contributed by atoms with Gasteiger partial charge in [-0.3, -0.25) is 5.32 Å². The maximum absolute atomic E-state index is 12.2. The van der Waals surface area contributed by atoms with Crippen molar-refractivity contribution in [1.29, 1.82) is 5.26 Å². The maximum atomic E-state index is 12.2. The average molecular weight is 356 g/mol. The monoisotopic (exact) mass is 356 g/mol. The van der Waals surface area contributed by atoms with E-state index in [0.29, 0.717) is 11.3 Å². The molecule has 1 saturated heterocycles. The molecule has 1 amide bonds. The second-order valence-electron chi connectivity index (χ2n) is 7.65. The van der Waals surface area contributed by atoms with Crippen LogP contribution in [0.5, 0.6) is 0 Å². The predicted octanol–water partition coefficient (Wildman–Crippen LogP) is 3.74. The van der Waals surface area contributed by atoms with Crippen LogP contribution in [0.25, 0.3) is 6.08 Å². The Kier molecular flexibility index (Phi) is 6.27. The van der Waals surface area contributed by atoms with E-state index in [2.05, 4.69) is 21.6 Å². The number of hydrogen-bond donors (Lipinski definition) is 2. The second-order valence-corrected chi connectivity index (χ2v) is 7.65. The van der Waals surface area contributed by atoms with E-state index < -0.39 is 11.7 Å². The summed E-state index contributed by atoms with van der Waals surface area (Å²) in [6.07, 6.45) is 1.47. The third kappa shape index (κ3) is 5.50. The summed E-state index contributed by atoms with van der Waals surface area (Å²) in [7, 11) is 0. The number of piperazine rings is 1. The quantitative estimate of drug-likeness (QED) is 0.863. The van der Waals surface area contributed by atoms with E-state index in [4.69, 9.17) is 4.74 Å². The van der Waals surface area contributed by atoms with Crippen LogP contribution in [0.2, 0.25) is 0 Å². The van der Waals surface area contributed by atoms with Crippen LogP contribution in [-0.4, -0.2) is 37.9 Å². The summed E-state index contributed by atoms with van der Waals surface area (Å²) in [5.41, 5.74) is 3.41. The Bertz CT molecular complexity index is 731. The first-order valence-corrected chi connectivity index (χ1v) is 8.88. The van der Waals surface area contributed by atoms with Gasteiger partial charge in [0, 0.05) is 31.7 Å². The van der Waals surface area contributed by atoms with Crippen molar-refractivity contribution in [1.82, 2.24) is 5.32 Å². The minimum absolute atomic E-state index is 0.528. The van der Waals surface area contributed by atoms with Crippen molar-refractivity contribution in [3.8, 4) is 6.07 Å². The van der Waals surface area contributed by atoms with Gasteiger partial charge >= 0.3 is 6.09 Å². The normalized spacial score (nSPS) is 14.4. The third-order valence-corrected chi connectivity index (χ3v) is 3.83. The number of ether oxygens (including phenoxy) is 1. The zero-order chi connectivity index (χ0) is 19.3. The highest BCUT2D eigenvalue weighted by molar-refractivity contribution is 5.90. The lowest BCUT2D eigenvalue weighted by atomic mass is 10.0. The summed E-state index contributed by atoms with van der Waals surface area (Å²) >= 11 is 0. The molecule has 0 radical (unpaired) electrons. The fraction of sp³-hybridized carbons (Fsp3) is 0.500. The van der Waals surface area contributed by atoms with Crippen LogP contribution in [0, 0.1) is 11.3 Å². The molecule has 1 aromatic rings. The van der Waals surface area contributed by atoms with Gasteiger partial charge < -0.3 is 15.0 Å². The van der Waals surface area contributed by atoms with Crippen LogP contribution in [-0.2, 0) is 4.74 Å². The summed E-state index contributed by atoms with van der Waals surface area (Å²) in [6.45, 7) is 12.9. The predicted molar refractivity (Wildman–Crippen MR) is 105 cm³/mol. The highest BCUT2D eigenvalue weighted by Gasteiger charge is 2.20. The van der Waals surface area contributed by atoms with Gasteiger partial charge in [0.15, 0.2) is 0 Å². The Balaban J connectivity index is 2.42. The van der Waals surface area contributed by atoms with Gasteiger partial charge in [0.05, 0.1) is 16.9 Å². The fourth-order valence-corrected chi connectivity index (χ4v) is 2.81. The van der Waals surface area contributed by atoms with Gasteiger partial charge in [-0.2, -0.15) is 5.26 Å². The zero-order valence-electron chi connectivity index (χ0n) is 16.3. The number of carbonyl (C=O) groups is 1. The highest BCUT2D eigenvalue weighted by atomic mass is 16.6. The maximum Gasteiger partial charge on any atom is 0.412 e. The van der Waals surface area contributed by atoms with Gasteiger partial charge in [0.1, 0.15) is 11.7 Å². The first kappa shape index (κ1) is 19.8. The summed E-state index contributed by atoms with van der Waals surface area (Å²) < 4.78 is 5.35. The van der Waals surface area contributed by atoms with E-state index in [1.807, 2.05) is 46.8 Å². The Morgan fingerprint density at radius 1 is 1.31 bits per heavy atom. The summed E-state index contributed by atoms with van der Waals surface area (Å²) in [5.74, 6) is 0. The molecule has 0 saturated carbocycles. The molecule has 6 heteroatoms. The Morgan fingerprint density at radius 2 is 1.96 bits per heavy atom. The molecule has 2 rings (SSSR count). The molecule has 1 fully saturated rings. The summed E-state index contributed by atoms with van der Waals surface area (Å²) in [4.78, 5) is 14.4. The Hall–Kier alpha value is -2.52. The van der Waals surface area contributed by atoms with Crippen LogP contribution >= 0.6 is 0 Å². The smallest absolute Gasteiger partial charge is 0.412 e. The molecule has 1 aromatic carbocycles. The van der Waals surface area contributed by atoms with E-state index >= 15 is 0 Å². The lowest BCUT2D eigenvalue weighted by Gasteiger charge is -2.31. The number of hydrogen-bond acceptors (Lipinski definition) is 5. The van der Waals surface area contributed by atoms with Gasteiger partial charge in [-0.15, -0.1) is 0 Å². The van der Waals surface area contributed by atoms with Crippen LogP contribution < -0.4 is 15.5 Å². The Morgan fingerprint density at radius 3 is 2.50 bits per heavy atom. The number of nitrogens with zero attached hydrogens (tertiary/aromatic N) is 2. The van der Waals surface area contributed by atoms with E-state index in [1.165, 1.54) is 0 Å². The van der Waals surface area contributed by atoms with Crippen LogP contribution in [0.1, 0.15) is 45.7 Å². The van der Waals surface area contributed by atoms with Crippen molar-refractivity contribution in [3.05, 3.63) is 28.8 Å². The van der Waals surface area contributed by atoms with Crippen molar-refractivity contribution in [2.45, 2.75) is 40.2 Å². The van der Waals surface area contributed by atoms with Crippen LogP contribution in [0.4, 0.5) is 16.2 Å². The summed E-state index contributed by atoms with van der Waals surface area (Å²) in [5, 5.41) is 15.7. The highest BCUT2D eigenvalue weighted by Crippen LogP contribution is 2.30. The van der Waals surface area contributed by atoms with E-state index in [0.717, 1.165) is 43.0 Å². The number of benzene rings is 1. The Labute approximate surface area is 155 Å². The fourth-order valence-electron chi connectivity index (χ4n) is 2.81. The van der Waals surface area contributed by atoms with Crippen LogP contribution in [0.3, 0.4) is 0 Å². The molecule has 0 bridgehead atoms. The molecule has 1 heterocycles. The third-order valence-electron chi connectivity index (χ3n) is 3.83. The standard InChI is InChI=1S/C20H28N4O2/c1-14(2)10-15-12-18(24-8-6-22-7-9-24)16(13-21)11-17(15)23-19(25)26-20(3,4)5/h10-12,22H,6-9H2,1-5H3,(H,23,25). The molecular formula is C20H28N4O2. The van der Waals surface area contributed by atoms with Crippen molar-refractivity contribution < 1.29 is 9.53 Å². The minimum Gasteiger partial charge on any atom is -0.444 e. The van der Waals surface area contributed by atoms with E-state index in [-0.39, 0.29) is 0 Å². The molecule has 1 aliphatic heterocycles. The van der Waals surface area contributed by atoms with E-state index in [9.17, 15) is 10.1 Å². The molecule has 0 aliphatic carbocycles. The molecular weight excluding hydrogens is 328 g/mol. The number of allylic oxidation sites excluding steroid dienone is 1. The SMILES string of the molecule is CC(C)=Cc1cc(N2CCNCC2)c(C#N)cc1NC(=O)OC(C)(C)C. The molecule has 2 N–H and O–H groups in total. The van der Waals surface area contributed by atoms with Crippen LogP contribution in [0.15, 0.2) is 17.7 Å². The number of nitrogens with one attached hydrogen (secondary N) is 2. The van der Waals surface area contributed by atoms with Gasteiger partial charge in [-0.25, -0.2) is 4.79 Å².